The van der Waals surface area contributed by atoms with Crippen LogP contribution in [-0.2, 0) is 0 Å². The summed E-state index contributed by atoms with van der Waals surface area (Å²) in [6.45, 7) is 0. The molecule has 2 aromatic rings. The maximum Gasteiger partial charge on any atom is 0.175 e. The Balaban J connectivity index is 2.14. The highest BCUT2D eigenvalue weighted by atomic mass is 35.5. The summed E-state index contributed by atoms with van der Waals surface area (Å²) >= 11 is 5.97. The normalized spacial score (nSPS) is 15.3. The van der Waals surface area contributed by atoms with Gasteiger partial charge in [0, 0.05) is 10.9 Å². The first-order valence-corrected chi connectivity index (χ1v) is 5.64. The molecule has 1 heterocycles. The topological polar surface area (TPSA) is 52.0 Å². The van der Waals surface area contributed by atoms with E-state index in [1.165, 1.54) is 0 Å². The van der Waals surface area contributed by atoms with Crippen LogP contribution in [0.25, 0.3) is 11.1 Å². The van der Waals surface area contributed by atoms with Gasteiger partial charge < -0.3 is 10.3 Å². The van der Waals surface area contributed by atoms with Gasteiger partial charge in [-0.15, -0.1) is 0 Å². The lowest BCUT2D eigenvalue weighted by atomic mass is 10.0. The van der Waals surface area contributed by atoms with Gasteiger partial charge in [-0.3, -0.25) is 0 Å². The van der Waals surface area contributed by atoms with Crippen LogP contribution in [0.1, 0.15) is 24.5 Å². The molecule has 1 aliphatic rings. The van der Waals surface area contributed by atoms with Crippen molar-refractivity contribution in [1.29, 1.82) is 0 Å². The molecule has 1 saturated carbocycles. The van der Waals surface area contributed by atoms with Gasteiger partial charge in [0.05, 0.1) is 5.56 Å². The number of nitrogens with zero attached hydrogens (tertiary/aromatic N) is 1. The van der Waals surface area contributed by atoms with Crippen molar-refractivity contribution in [3.63, 3.8) is 0 Å². The van der Waals surface area contributed by atoms with Crippen molar-refractivity contribution >= 4 is 17.4 Å². The first-order chi connectivity index (χ1) is 7.75. The van der Waals surface area contributed by atoms with E-state index in [1.54, 1.807) is 0 Å². The third-order valence-corrected chi connectivity index (χ3v) is 3.04. The largest absolute Gasteiger partial charge is 0.380 e. The van der Waals surface area contributed by atoms with E-state index in [1.807, 2.05) is 24.3 Å². The zero-order valence-electron chi connectivity index (χ0n) is 8.61. The number of halogens is 1. The Bertz CT molecular complexity index is 532. The Hall–Kier alpha value is -1.48. The van der Waals surface area contributed by atoms with Gasteiger partial charge in [0.25, 0.3) is 0 Å². The quantitative estimate of drug-likeness (QED) is 0.866. The van der Waals surface area contributed by atoms with E-state index in [0.29, 0.717) is 16.8 Å². The molecular formula is C12H11ClN2O. The van der Waals surface area contributed by atoms with Crippen LogP contribution >= 0.6 is 11.6 Å². The van der Waals surface area contributed by atoms with Crippen molar-refractivity contribution in [2.24, 2.45) is 0 Å². The Kier molecular flexibility index (Phi) is 2.14. The lowest BCUT2D eigenvalue weighted by Crippen LogP contribution is -1.89. The molecule has 16 heavy (non-hydrogen) atoms. The van der Waals surface area contributed by atoms with Gasteiger partial charge >= 0.3 is 0 Å². The van der Waals surface area contributed by atoms with Crippen molar-refractivity contribution in [3.05, 3.63) is 35.0 Å². The SMILES string of the molecule is Nc1noc(C2CC2)c1-c1cccc(Cl)c1. The molecule has 1 aliphatic carbocycles. The lowest BCUT2D eigenvalue weighted by molar-refractivity contribution is 0.387. The molecule has 3 nitrogen and oxygen atoms in total. The minimum atomic E-state index is 0.448. The Morgan fingerprint density at radius 3 is 2.88 bits per heavy atom. The second-order valence-corrected chi connectivity index (χ2v) is 4.53. The Morgan fingerprint density at radius 1 is 1.38 bits per heavy atom. The van der Waals surface area contributed by atoms with Gasteiger partial charge in [-0.1, -0.05) is 28.9 Å². The molecule has 0 unspecified atom stereocenters. The Morgan fingerprint density at radius 2 is 2.19 bits per heavy atom. The summed E-state index contributed by atoms with van der Waals surface area (Å²) in [4.78, 5) is 0. The van der Waals surface area contributed by atoms with E-state index in [9.17, 15) is 0 Å². The van der Waals surface area contributed by atoms with Crippen LogP contribution in [0.3, 0.4) is 0 Å². The number of hydrogen-bond acceptors (Lipinski definition) is 3. The highest BCUT2D eigenvalue weighted by Crippen LogP contribution is 2.46. The van der Waals surface area contributed by atoms with E-state index in [4.69, 9.17) is 21.9 Å². The van der Waals surface area contributed by atoms with Crippen LogP contribution in [0.15, 0.2) is 28.8 Å². The maximum absolute atomic E-state index is 5.97. The number of anilines is 1. The molecule has 0 aliphatic heterocycles. The molecule has 0 spiro atoms. The summed E-state index contributed by atoms with van der Waals surface area (Å²) in [6.07, 6.45) is 2.31. The third-order valence-electron chi connectivity index (χ3n) is 2.81. The van der Waals surface area contributed by atoms with Crippen molar-refractivity contribution < 1.29 is 4.52 Å². The summed E-state index contributed by atoms with van der Waals surface area (Å²) in [5.74, 6) is 1.84. The molecule has 1 aromatic heterocycles. The molecule has 4 heteroatoms. The van der Waals surface area contributed by atoms with Gasteiger partial charge in [-0.2, -0.15) is 0 Å². The standard InChI is InChI=1S/C12H11ClN2O/c13-9-3-1-2-8(6-9)10-11(7-4-5-7)16-15-12(10)14/h1-3,6-7H,4-5H2,(H2,14,15). The lowest BCUT2D eigenvalue weighted by Gasteiger charge is -2.01. The van der Waals surface area contributed by atoms with Gasteiger partial charge in [0.15, 0.2) is 5.82 Å². The summed E-state index contributed by atoms with van der Waals surface area (Å²) in [6, 6.07) is 7.60. The van der Waals surface area contributed by atoms with E-state index >= 15 is 0 Å². The molecule has 0 saturated heterocycles. The van der Waals surface area contributed by atoms with Crippen LogP contribution in [0.4, 0.5) is 5.82 Å². The summed E-state index contributed by atoms with van der Waals surface area (Å²) in [5, 5.41) is 4.54. The summed E-state index contributed by atoms with van der Waals surface area (Å²) in [7, 11) is 0. The first-order valence-electron chi connectivity index (χ1n) is 5.26. The molecule has 0 amide bonds. The molecule has 0 bridgehead atoms. The minimum Gasteiger partial charge on any atom is -0.380 e. The number of hydrogen-bond donors (Lipinski definition) is 1. The van der Waals surface area contributed by atoms with Crippen molar-refractivity contribution in [2.75, 3.05) is 5.73 Å². The fourth-order valence-electron chi connectivity index (χ4n) is 1.87. The second-order valence-electron chi connectivity index (χ2n) is 4.09. The van der Waals surface area contributed by atoms with E-state index in [0.717, 1.165) is 29.7 Å². The maximum atomic E-state index is 5.97. The van der Waals surface area contributed by atoms with Gasteiger partial charge in [0.2, 0.25) is 0 Å². The monoisotopic (exact) mass is 234 g/mol. The van der Waals surface area contributed by atoms with E-state index < -0.39 is 0 Å². The highest BCUT2D eigenvalue weighted by Gasteiger charge is 2.32. The number of nitrogens with two attached hydrogens (primary N) is 1. The van der Waals surface area contributed by atoms with Crippen molar-refractivity contribution in [2.45, 2.75) is 18.8 Å². The molecule has 3 rings (SSSR count). The van der Waals surface area contributed by atoms with Crippen LogP contribution < -0.4 is 5.73 Å². The van der Waals surface area contributed by atoms with Crippen LogP contribution in [0, 0.1) is 0 Å². The molecule has 1 aromatic carbocycles. The second kappa shape index (κ2) is 3.52. The Labute approximate surface area is 98.2 Å². The highest BCUT2D eigenvalue weighted by molar-refractivity contribution is 6.30. The molecule has 0 atom stereocenters. The number of nitrogen functional groups attached to an aromatic ring is 1. The fraction of sp³-hybridized carbons (Fsp3) is 0.250. The first kappa shape index (κ1) is 9.73. The third kappa shape index (κ3) is 1.57. The number of rotatable bonds is 2. The number of aromatic nitrogens is 1. The summed E-state index contributed by atoms with van der Waals surface area (Å²) in [5.41, 5.74) is 7.73. The van der Waals surface area contributed by atoms with Gasteiger partial charge in [0.1, 0.15) is 5.76 Å². The average molecular weight is 235 g/mol. The van der Waals surface area contributed by atoms with Crippen molar-refractivity contribution in [1.82, 2.24) is 5.16 Å². The van der Waals surface area contributed by atoms with Gasteiger partial charge in [-0.25, -0.2) is 0 Å². The van der Waals surface area contributed by atoms with Crippen LogP contribution in [-0.4, -0.2) is 5.16 Å². The van der Waals surface area contributed by atoms with Crippen LogP contribution in [0.5, 0.6) is 0 Å². The summed E-state index contributed by atoms with van der Waals surface area (Å²) < 4.78 is 5.30. The molecule has 82 valence electrons. The average Bonchev–Trinajstić information content (AvgIpc) is 3.02. The molecule has 2 N–H and O–H groups in total. The molecule has 0 radical (unpaired) electrons. The fourth-order valence-corrected chi connectivity index (χ4v) is 2.06. The van der Waals surface area contributed by atoms with E-state index in [2.05, 4.69) is 5.16 Å². The van der Waals surface area contributed by atoms with E-state index in [-0.39, 0.29) is 0 Å². The van der Waals surface area contributed by atoms with Gasteiger partial charge in [-0.05, 0) is 30.5 Å². The zero-order chi connectivity index (χ0) is 11.1. The van der Waals surface area contributed by atoms with Crippen LogP contribution in [0.2, 0.25) is 5.02 Å². The predicted molar refractivity (Wildman–Crippen MR) is 63.3 cm³/mol. The number of benzene rings is 1. The van der Waals surface area contributed by atoms with Crippen molar-refractivity contribution in [3.8, 4) is 11.1 Å². The minimum absolute atomic E-state index is 0.448. The zero-order valence-corrected chi connectivity index (χ0v) is 9.37. The molecular weight excluding hydrogens is 224 g/mol. The smallest absolute Gasteiger partial charge is 0.175 e. The molecule has 1 fully saturated rings. The predicted octanol–water partition coefficient (Wildman–Crippen LogP) is 3.45.